The van der Waals surface area contributed by atoms with Gasteiger partial charge < -0.3 is 15.1 Å². The summed E-state index contributed by atoms with van der Waals surface area (Å²) < 4.78 is 43.8. The Morgan fingerprint density at radius 1 is 0.957 bits per heavy atom. The predicted octanol–water partition coefficient (Wildman–Crippen LogP) is 4.07. The quantitative estimate of drug-likeness (QED) is 0.326. The second kappa shape index (κ2) is 13.3. The van der Waals surface area contributed by atoms with Gasteiger partial charge in [0.05, 0.1) is 17.3 Å². The lowest BCUT2D eigenvalue weighted by Gasteiger charge is -2.42. The summed E-state index contributed by atoms with van der Waals surface area (Å²) >= 11 is 0. The molecule has 1 amide bonds. The minimum atomic E-state index is -4.56. The van der Waals surface area contributed by atoms with Crippen LogP contribution in [0.4, 0.5) is 24.7 Å². The highest BCUT2D eigenvalue weighted by molar-refractivity contribution is 6.04. The van der Waals surface area contributed by atoms with Gasteiger partial charge in [-0.05, 0) is 69.8 Å². The standard InChI is InChI=1S/C34H38F3N9O/c1-23-20-45(21-24(2)43(23)4)32-10-9-31-39-19-29(46(31)41-32)8-5-25-15-27(18-38-17-25)33(47)40-28-7-6-26(30(16-28)34(35,36)37)22-44-13-11-42(3)12-14-44/h6-7,9-10,15-19,23-24H,11-14,20-22H2,1-4H3,(H,40,47)/t23-,24+. The molecule has 4 aromatic rings. The molecular weight excluding hydrogens is 607 g/mol. The molecule has 6 rings (SSSR count). The van der Waals surface area contributed by atoms with Gasteiger partial charge in [-0.3, -0.25) is 19.6 Å². The van der Waals surface area contributed by atoms with Crippen LogP contribution in [-0.2, 0) is 12.7 Å². The Morgan fingerprint density at radius 3 is 2.43 bits per heavy atom. The molecule has 0 spiro atoms. The molecule has 2 atom stereocenters. The van der Waals surface area contributed by atoms with E-state index in [0.717, 1.165) is 38.1 Å². The molecule has 0 bridgehead atoms. The fourth-order valence-corrected chi connectivity index (χ4v) is 5.98. The van der Waals surface area contributed by atoms with Crippen molar-refractivity contribution in [2.24, 2.45) is 0 Å². The van der Waals surface area contributed by atoms with Crippen LogP contribution in [0.2, 0.25) is 0 Å². The lowest BCUT2D eigenvalue weighted by molar-refractivity contribution is -0.138. The van der Waals surface area contributed by atoms with Gasteiger partial charge in [0, 0.05) is 81.5 Å². The maximum atomic E-state index is 14.0. The van der Waals surface area contributed by atoms with Gasteiger partial charge in [0.15, 0.2) is 5.65 Å². The number of piperazine rings is 2. The number of rotatable bonds is 5. The monoisotopic (exact) mass is 645 g/mol. The van der Waals surface area contributed by atoms with Crippen LogP contribution in [0.3, 0.4) is 0 Å². The van der Waals surface area contributed by atoms with E-state index in [-0.39, 0.29) is 23.4 Å². The second-order valence-electron chi connectivity index (χ2n) is 12.5. The van der Waals surface area contributed by atoms with Crippen molar-refractivity contribution >= 4 is 23.1 Å². The number of nitrogens with zero attached hydrogens (tertiary/aromatic N) is 8. The molecule has 2 saturated heterocycles. The number of pyridine rings is 1. The number of carbonyl (C=O) groups excluding carboxylic acids is 1. The zero-order chi connectivity index (χ0) is 33.3. The molecule has 47 heavy (non-hydrogen) atoms. The summed E-state index contributed by atoms with van der Waals surface area (Å²) in [5.74, 6) is 6.36. The number of halogens is 3. The summed E-state index contributed by atoms with van der Waals surface area (Å²) in [5, 5.41) is 7.41. The van der Waals surface area contributed by atoms with E-state index in [0.29, 0.717) is 42.1 Å². The lowest BCUT2D eigenvalue weighted by Crippen LogP contribution is -2.55. The van der Waals surface area contributed by atoms with Gasteiger partial charge in [0.25, 0.3) is 5.91 Å². The summed E-state index contributed by atoms with van der Waals surface area (Å²) in [7, 11) is 4.13. The van der Waals surface area contributed by atoms with E-state index in [1.165, 1.54) is 24.5 Å². The normalized spacial score (nSPS) is 19.9. The summed E-state index contributed by atoms with van der Waals surface area (Å²) in [5.41, 5.74) is 1.34. The summed E-state index contributed by atoms with van der Waals surface area (Å²) in [6.45, 7) is 9.30. The number of likely N-dealkylation sites (N-methyl/N-ethyl adjacent to an activating group) is 2. The first-order chi connectivity index (χ1) is 22.4. The van der Waals surface area contributed by atoms with Gasteiger partial charge in [0.2, 0.25) is 0 Å². The van der Waals surface area contributed by atoms with Crippen LogP contribution >= 0.6 is 0 Å². The molecule has 1 N–H and O–H groups in total. The van der Waals surface area contributed by atoms with Gasteiger partial charge in [-0.2, -0.15) is 13.2 Å². The van der Waals surface area contributed by atoms with Crippen molar-refractivity contribution in [1.82, 2.24) is 34.3 Å². The topological polar surface area (TPSA) is 85.1 Å². The molecule has 3 aromatic heterocycles. The minimum Gasteiger partial charge on any atom is -0.352 e. The highest BCUT2D eigenvalue weighted by Gasteiger charge is 2.34. The third-order valence-electron chi connectivity index (χ3n) is 9.03. The largest absolute Gasteiger partial charge is 0.416 e. The molecule has 0 saturated carbocycles. The first kappa shape index (κ1) is 32.4. The molecule has 2 fully saturated rings. The van der Waals surface area contributed by atoms with Gasteiger partial charge in [-0.1, -0.05) is 12.0 Å². The molecule has 5 heterocycles. The van der Waals surface area contributed by atoms with Gasteiger partial charge in [0.1, 0.15) is 11.5 Å². The van der Waals surface area contributed by atoms with E-state index in [1.807, 2.05) is 24.1 Å². The molecular formula is C34H38F3N9O. The number of fused-ring (bicyclic) bond motifs is 1. The predicted molar refractivity (Wildman–Crippen MR) is 174 cm³/mol. The highest BCUT2D eigenvalue weighted by Crippen LogP contribution is 2.35. The smallest absolute Gasteiger partial charge is 0.352 e. The number of aromatic nitrogens is 4. The summed E-state index contributed by atoms with van der Waals surface area (Å²) in [6, 6.07) is 10.1. The molecule has 2 aliphatic rings. The Kier molecular flexibility index (Phi) is 9.18. The number of hydrogen-bond donors (Lipinski definition) is 1. The van der Waals surface area contributed by atoms with Crippen LogP contribution < -0.4 is 10.2 Å². The van der Waals surface area contributed by atoms with E-state index in [4.69, 9.17) is 5.10 Å². The minimum absolute atomic E-state index is 0.0534. The fourth-order valence-electron chi connectivity index (χ4n) is 5.98. The van der Waals surface area contributed by atoms with E-state index >= 15 is 0 Å². The third-order valence-corrected chi connectivity index (χ3v) is 9.03. The van der Waals surface area contributed by atoms with E-state index < -0.39 is 17.6 Å². The molecule has 0 aliphatic carbocycles. The Hall–Kier alpha value is -4.51. The van der Waals surface area contributed by atoms with Gasteiger partial charge >= 0.3 is 6.18 Å². The van der Waals surface area contributed by atoms with Crippen molar-refractivity contribution in [3.63, 3.8) is 0 Å². The first-order valence-corrected chi connectivity index (χ1v) is 15.7. The van der Waals surface area contributed by atoms with Crippen molar-refractivity contribution in [2.75, 3.05) is 63.6 Å². The number of carbonyl (C=O) groups is 1. The Bertz CT molecular complexity index is 1810. The summed E-state index contributed by atoms with van der Waals surface area (Å²) in [6.07, 6.45) is -0.0424. The van der Waals surface area contributed by atoms with Crippen molar-refractivity contribution < 1.29 is 18.0 Å². The van der Waals surface area contributed by atoms with Gasteiger partial charge in [-0.15, -0.1) is 5.10 Å². The van der Waals surface area contributed by atoms with Crippen molar-refractivity contribution in [2.45, 2.75) is 38.7 Å². The average molecular weight is 646 g/mol. The van der Waals surface area contributed by atoms with Crippen molar-refractivity contribution in [3.05, 3.63) is 82.9 Å². The molecule has 1 aromatic carbocycles. The van der Waals surface area contributed by atoms with Crippen LogP contribution in [-0.4, -0.2) is 106 Å². The lowest BCUT2D eigenvalue weighted by atomic mass is 10.0. The SMILES string of the molecule is C[C@@H]1CN(c2ccc3ncc(C#Cc4cncc(C(=O)Nc5ccc(CN6CCN(C)CC6)c(C(F)(F)F)c5)c4)n3n2)C[C@H](C)N1C. The number of benzene rings is 1. The maximum Gasteiger partial charge on any atom is 0.416 e. The number of anilines is 2. The van der Waals surface area contributed by atoms with E-state index in [2.05, 4.69) is 62.7 Å². The second-order valence-corrected chi connectivity index (χ2v) is 12.5. The van der Waals surface area contributed by atoms with Crippen LogP contribution in [0.25, 0.3) is 5.65 Å². The van der Waals surface area contributed by atoms with Crippen molar-refractivity contribution in [3.8, 4) is 11.8 Å². The zero-order valence-electron chi connectivity index (χ0n) is 26.9. The van der Waals surface area contributed by atoms with Crippen molar-refractivity contribution in [1.29, 1.82) is 0 Å². The number of nitrogens with one attached hydrogen (secondary N) is 1. The van der Waals surface area contributed by atoms with Crippen LogP contribution in [0.15, 0.2) is 55.0 Å². The number of hydrogen-bond acceptors (Lipinski definition) is 8. The number of imidazole rings is 1. The Labute approximate surface area is 272 Å². The maximum absolute atomic E-state index is 14.0. The molecule has 2 aliphatic heterocycles. The molecule has 0 radical (unpaired) electrons. The van der Waals surface area contributed by atoms with E-state index in [9.17, 15) is 18.0 Å². The fraction of sp³-hybridized carbons (Fsp3) is 0.412. The Morgan fingerprint density at radius 2 is 1.70 bits per heavy atom. The van der Waals surface area contributed by atoms with Gasteiger partial charge in [-0.25, -0.2) is 9.50 Å². The van der Waals surface area contributed by atoms with Crippen LogP contribution in [0, 0.1) is 11.8 Å². The molecule has 246 valence electrons. The first-order valence-electron chi connectivity index (χ1n) is 15.7. The Balaban J connectivity index is 1.17. The molecule has 13 heteroatoms. The average Bonchev–Trinajstić information content (AvgIpc) is 3.46. The molecule has 0 unspecified atom stereocenters. The summed E-state index contributed by atoms with van der Waals surface area (Å²) in [4.78, 5) is 30.4. The van der Waals surface area contributed by atoms with Crippen LogP contribution in [0.1, 0.15) is 46.6 Å². The zero-order valence-corrected chi connectivity index (χ0v) is 26.9. The number of alkyl halides is 3. The third kappa shape index (κ3) is 7.40. The van der Waals surface area contributed by atoms with Crippen LogP contribution in [0.5, 0.6) is 0 Å². The van der Waals surface area contributed by atoms with E-state index in [1.54, 1.807) is 16.8 Å². The number of amides is 1. The molecule has 10 nitrogen and oxygen atoms in total. The highest BCUT2D eigenvalue weighted by atomic mass is 19.4.